The van der Waals surface area contributed by atoms with Crippen molar-refractivity contribution in [1.29, 1.82) is 0 Å². The maximum Gasteiger partial charge on any atom is 0.308 e. The molecule has 14 heteroatoms. The first-order valence-corrected chi connectivity index (χ1v) is 16.6. The molecule has 2 aliphatic heterocycles. The number of carbonyl (C=O) groups is 3. The third-order valence-electron chi connectivity index (χ3n) is 7.58. The first kappa shape index (κ1) is 29.8. The summed E-state index contributed by atoms with van der Waals surface area (Å²) < 4.78 is 29.7. The van der Waals surface area contributed by atoms with Gasteiger partial charge in [-0.1, -0.05) is 52.9 Å². The normalized spacial score (nSPS) is 19.4. The van der Waals surface area contributed by atoms with Crippen molar-refractivity contribution in [2.45, 2.75) is 34.6 Å². The van der Waals surface area contributed by atoms with Gasteiger partial charge >= 0.3 is 4.87 Å². The third kappa shape index (κ3) is 5.34. The number of sulfonamides is 1. The molecule has 6 rings (SSSR count). The fraction of sp³-hybridized carbons (Fsp3) is 0.200. The predicted octanol–water partition coefficient (Wildman–Crippen LogP) is 3.31. The van der Waals surface area contributed by atoms with Crippen molar-refractivity contribution in [1.82, 2.24) is 4.57 Å². The number of thiazole rings is 1. The quantitative estimate of drug-likeness (QED) is 0.289. The Morgan fingerprint density at radius 2 is 1.61 bits per heavy atom. The number of primary sulfonamides is 1. The average molecular weight is 651 g/mol. The van der Waals surface area contributed by atoms with Crippen LogP contribution in [0.1, 0.15) is 21.9 Å². The van der Waals surface area contributed by atoms with Crippen molar-refractivity contribution < 1.29 is 27.5 Å². The molecule has 11 nitrogen and oxygen atoms in total. The van der Waals surface area contributed by atoms with E-state index in [4.69, 9.17) is 9.88 Å². The second-order valence-electron chi connectivity index (χ2n) is 10.4. The van der Waals surface area contributed by atoms with Gasteiger partial charge in [-0.05, 0) is 61.0 Å². The number of methoxy groups -OCH3 is 1. The Morgan fingerprint density at radius 1 is 0.955 bits per heavy atom. The molecule has 0 aliphatic carbocycles. The summed E-state index contributed by atoms with van der Waals surface area (Å²) in [6.45, 7) is 1.56. The number of thioether (sulfide) groups is 1. The molecule has 3 amide bonds. The molecule has 1 saturated heterocycles. The highest BCUT2D eigenvalue weighted by Crippen LogP contribution is 2.54. The third-order valence-corrected chi connectivity index (χ3v) is 11.1. The minimum atomic E-state index is -3.90. The average Bonchev–Trinajstić information content (AvgIpc) is 3.43. The monoisotopic (exact) mass is 650 g/mol. The topological polar surface area (TPSA) is 158 Å². The highest BCUT2D eigenvalue weighted by molar-refractivity contribution is 8.00. The molecule has 3 atom stereocenters. The molecule has 0 bridgehead atoms. The molecule has 4 aromatic rings. The van der Waals surface area contributed by atoms with Crippen molar-refractivity contribution in [2.24, 2.45) is 11.1 Å². The van der Waals surface area contributed by atoms with Gasteiger partial charge in [0, 0.05) is 16.5 Å². The number of aryl methyl sites for hydroxylation is 1. The van der Waals surface area contributed by atoms with Gasteiger partial charge in [-0.2, -0.15) is 0 Å². The molecular weight excluding hydrogens is 625 g/mol. The van der Waals surface area contributed by atoms with Crippen LogP contribution in [0.3, 0.4) is 0 Å². The minimum absolute atomic E-state index is 0.107. The number of nitrogens with zero attached hydrogens (tertiary/aromatic N) is 2. The van der Waals surface area contributed by atoms with E-state index >= 15 is 0 Å². The Hall–Kier alpha value is -4.24. The summed E-state index contributed by atoms with van der Waals surface area (Å²) in [5.74, 6) is -2.03. The van der Waals surface area contributed by atoms with Crippen LogP contribution < -0.4 is 25.0 Å². The Labute approximate surface area is 260 Å². The van der Waals surface area contributed by atoms with Crippen LogP contribution in [0.15, 0.2) is 87.5 Å². The zero-order valence-corrected chi connectivity index (χ0v) is 25.9. The summed E-state index contributed by atoms with van der Waals surface area (Å²) in [6.07, 6.45) is 0. The van der Waals surface area contributed by atoms with E-state index < -0.39 is 37.9 Å². The zero-order valence-electron chi connectivity index (χ0n) is 23.4. The molecule has 2 aliphatic rings. The molecule has 44 heavy (non-hydrogen) atoms. The summed E-state index contributed by atoms with van der Waals surface area (Å²) in [5.41, 5.74) is 2.51. The van der Waals surface area contributed by atoms with Crippen LogP contribution in [0, 0.1) is 12.8 Å². The zero-order chi connectivity index (χ0) is 31.3. The molecule has 226 valence electrons. The number of hydrogen-bond acceptors (Lipinski definition) is 9. The number of nitrogens with two attached hydrogens (primary N) is 1. The van der Waals surface area contributed by atoms with Crippen molar-refractivity contribution >= 4 is 62.2 Å². The van der Waals surface area contributed by atoms with Crippen LogP contribution in [0.25, 0.3) is 0 Å². The molecule has 3 heterocycles. The molecule has 0 saturated carbocycles. The molecule has 0 spiro atoms. The molecular formula is C30H26N4O7S3. The van der Waals surface area contributed by atoms with Gasteiger partial charge in [0.05, 0.1) is 28.6 Å². The van der Waals surface area contributed by atoms with E-state index in [-0.39, 0.29) is 23.3 Å². The van der Waals surface area contributed by atoms with Gasteiger partial charge < -0.3 is 10.1 Å². The summed E-state index contributed by atoms with van der Waals surface area (Å²) >= 11 is 2.07. The lowest BCUT2D eigenvalue weighted by molar-refractivity contribution is -0.122. The highest BCUT2D eigenvalue weighted by atomic mass is 32.2. The van der Waals surface area contributed by atoms with E-state index in [0.29, 0.717) is 27.0 Å². The Kier molecular flexibility index (Phi) is 7.70. The molecule has 1 fully saturated rings. The second-order valence-corrected chi connectivity index (χ2v) is 14.1. The summed E-state index contributed by atoms with van der Waals surface area (Å²) in [6, 6.07) is 19.6. The number of benzene rings is 3. The van der Waals surface area contributed by atoms with Crippen LogP contribution in [0.2, 0.25) is 0 Å². The van der Waals surface area contributed by atoms with E-state index in [1.54, 1.807) is 31.4 Å². The highest BCUT2D eigenvalue weighted by Gasteiger charge is 2.56. The molecule has 3 N–H and O–H groups in total. The molecule has 3 aromatic carbocycles. The standard InChI is InChI=1S/C30H26N4O7S3/c1-16-3-9-19(10-4-16)34-27(36)24-23(17-5-11-20(41-2)12-6-17)26-29(42-25(24)28(34)37)33(30(38)43-26)15-22(35)32-18-7-13-21(14-8-18)44(31,39)40/h3-14,23-25H,15H2,1-2H3,(H,32,35)(H2,31,39,40). The summed E-state index contributed by atoms with van der Waals surface area (Å²) in [4.78, 5) is 55.5. The number of ether oxygens (including phenoxy) is 1. The van der Waals surface area contributed by atoms with E-state index in [9.17, 15) is 27.6 Å². The minimum Gasteiger partial charge on any atom is -0.497 e. The number of amides is 3. The number of fused-ring (bicyclic) bond motifs is 2. The van der Waals surface area contributed by atoms with Gasteiger partial charge in [0.1, 0.15) is 17.5 Å². The Balaban J connectivity index is 1.37. The smallest absolute Gasteiger partial charge is 0.308 e. The van der Waals surface area contributed by atoms with E-state index in [1.807, 2.05) is 31.2 Å². The van der Waals surface area contributed by atoms with E-state index in [2.05, 4.69) is 5.32 Å². The van der Waals surface area contributed by atoms with Gasteiger partial charge in [-0.25, -0.2) is 18.5 Å². The number of hydrogen-bond donors (Lipinski definition) is 2. The lowest BCUT2D eigenvalue weighted by atomic mass is 9.83. The maximum atomic E-state index is 14.0. The number of anilines is 2. The largest absolute Gasteiger partial charge is 0.497 e. The first-order chi connectivity index (χ1) is 21.0. The van der Waals surface area contributed by atoms with E-state index in [0.717, 1.165) is 34.2 Å². The molecule has 3 unspecified atom stereocenters. The number of imide groups is 1. The molecule has 1 aromatic heterocycles. The van der Waals surface area contributed by atoms with E-state index in [1.165, 1.54) is 33.7 Å². The van der Waals surface area contributed by atoms with Crippen molar-refractivity contribution in [3.05, 3.63) is 98.5 Å². The fourth-order valence-corrected chi connectivity index (χ4v) is 8.73. The van der Waals surface area contributed by atoms with Crippen LogP contribution >= 0.6 is 23.1 Å². The second kappa shape index (κ2) is 11.4. The van der Waals surface area contributed by atoms with Crippen LogP contribution in [0.4, 0.5) is 11.4 Å². The summed E-state index contributed by atoms with van der Waals surface area (Å²) in [7, 11) is -2.35. The lowest BCUT2D eigenvalue weighted by Crippen LogP contribution is -2.33. The lowest BCUT2D eigenvalue weighted by Gasteiger charge is -2.30. The fourth-order valence-electron chi connectivity index (χ4n) is 5.45. The van der Waals surface area contributed by atoms with Gasteiger partial charge in [0.25, 0.3) is 0 Å². The van der Waals surface area contributed by atoms with Crippen molar-refractivity contribution in [3.63, 3.8) is 0 Å². The number of rotatable bonds is 7. The number of carbonyl (C=O) groups excluding carboxylic acids is 3. The van der Waals surface area contributed by atoms with Crippen molar-refractivity contribution in [3.8, 4) is 5.75 Å². The van der Waals surface area contributed by atoms with Gasteiger partial charge in [0.2, 0.25) is 27.7 Å². The van der Waals surface area contributed by atoms with Crippen molar-refractivity contribution in [2.75, 3.05) is 17.3 Å². The maximum absolute atomic E-state index is 14.0. The first-order valence-electron chi connectivity index (χ1n) is 13.4. The van der Waals surface area contributed by atoms with Gasteiger partial charge in [-0.3, -0.25) is 23.7 Å². The number of aromatic nitrogens is 1. The van der Waals surface area contributed by atoms with Gasteiger partial charge in [-0.15, -0.1) is 0 Å². The molecule has 0 radical (unpaired) electrons. The van der Waals surface area contributed by atoms with Crippen LogP contribution in [0.5, 0.6) is 5.75 Å². The van der Waals surface area contributed by atoms with Gasteiger partial charge in [0.15, 0.2) is 0 Å². The Bertz CT molecular complexity index is 1950. The Morgan fingerprint density at radius 3 is 2.23 bits per heavy atom. The summed E-state index contributed by atoms with van der Waals surface area (Å²) in [5, 5.41) is 7.43. The van der Waals surface area contributed by atoms with Crippen LogP contribution in [-0.2, 0) is 31.0 Å². The number of nitrogens with one attached hydrogen (secondary N) is 1. The SMILES string of the molecule is COc1ccc(C2c3sc(=O)n(CC(=O)Nc4ccc(S(N)(=O)=O)cc4)c3SC3C(=O)N(c4ccc(C)cc4)C(=O)C32)cc1. The predicted molar refractivity (Wildman–Crippen MR) is 167 cm³/mol. The van der Waals surface area contributed by atoms with Crippen LogP contribution in [-0.4, -0.2) is 43.1 Å².